The zero-order valence-corrected chi connectivity index (χ0v) is 8.89. The molecule has 0 aliphatic heterocycles. The minimum absolute atomic E-state index is 0.109. The Balaban J connectivity index is 2.55. The summed E-state index contributed by atoms with van der Waals surface area (Å²) in [6.07, 6.45) is 0. The van der Waals surface area contributed by atoms with Gasteiger partial charge in [-0.25, -0.2) is 4.79 Å². The van der Waals surface area contributed by atoms with Gasteiger partial charge in [-0.3, -0.25) is 10.1 Å². The third-order valence-electron chi connectivity index (χ3n) is 1.58. The van der Waals surface area contributed by atoms with Gasteiger partial charge in [-0.2, -0.15) is 0 Å². The molecule has 8 heteroatoms. The average molecular weight is 228 g/mol. The van der Waals surface area contributed by atoms with E-state index in [-0.39, 0.29) is 12.6 Å². The maximum Gasteiger partial charge on any atom is 0.332 e. The van der Waals surface area contributed by atoms with Gasteiger partial charge in [0.2, 0.25) is 5.89 Å². The molecule has 1 aromatic heterocycles. The summed E-state index contributed by atoms with van der Waals surface area (Å²) in [7, 11) is 0. The number of carbonyl (C=O) groups excluding carboxylic acids is 2. The van der Waals surface area contributed by atoms with Gasteiger partial charge in [0.05, 0.1) is 6.61 Å². The smallest absolute Gasteiger partial charge is 0.332 e. The van der Waals surface area contributed by atoms with Crippen molar-refractivity contribution in [3.8, 4) is 0 Å². The molecular weight excluding hydrogens is 216 g/mol. The second kappa shape index (κ2) is 5.21. The van der Waals surface area contributed by atoms with Gasteiger partial charge >= 0.3 is 12.0 Å². The maximum atomic E-state index is 11.4. The molecule has 0 spiro atoms. The second-order valence-electron chi connectivity index (χ2n) is 2.85. The van der Waals surface area contributed by atoms with Gasteiger partial charge in [-0.05, 0) is 6.92 Å². The van der Waals surface area contributed by atoms with Crippen molar-refractivity contribution in [1.82, 2.24) is 10.2 Å². The number of aryl methyl sites for hydroxylation is 1. The number of ether oxygens (including phenoxy) is 1. The van der Waals surface area contributed by atoms with E-state index in [0.29, 0.717) is 5.89 Å². The highest BCUT2D eigenvalue weighted by Crippen LogP contribution is 2.04. The van der Waals surface area contributed by atoms with E-state index >= 15 is 0 Å². The van der Waals surface area contributed by atoms with Gasteiger partial charge in [0, 0.05) is 6.92 Å². The molecule has 0 aliphatic carbocycles. The Kier molecular flexibility index (Phi) is 3.95. The first-order valence-corrected chi connectivity index (χ1v) is 4.57. The van der Waals surface area contributed by atoms with Gasteiger partial charge in [0.1, 0.15) is 0 Å². The van der Waals surface area contributed by atoms with Crippen LogP contribution in [0.15, 0.2) is 4.42 Å². The van der Waals surface area contributed by atoms with Crippen molar-refractivity contribution in [2.75, 3.05) is 11.9 Å². The van der Waals surface area contributed by atoms with Crippen LogP contribution < -0.4 is 11.1 Å². The Bertz CT molecular complexity index is 389. The van der Waals surface area contributed by atoms with E-state index in [2.05, 4.69) is 20.3 Å². The maximum absolute atomic E-state index is 11.4. The zero-order chi connectivity index (χ0) is 12.1. The van der Waals surface area contributed by atoms with E-state index in [1.165, 1.54) is 0 Å². The van der Waals surface area contributed by atoms with Crippen LogP contribution in [0.3, 0.4) is 0 Å². The van der Waals surface area contributed by atoms with E-state index in [1.807, 2.05) is 0 Å². The van der Waals surface area contributed by atoms with Crippen LogP contribution in [0.2, 0.25) is 0 Å². The molecule has 0 bridgehead atoms. The number of nitrogens with zero attached hydrogens (tertiary/aromatic N) is 2. The van der Waals surface area contributed by atoms with Crippen molar-refractivity contribution in [2.45, 2.75) is 19.9 Å². The van der Waals surface area contributed by atoms with Crippen LogP contribution >= 0.6 is 0 Å². The fourth-order valence-electron chi connectivity index (χ4n) is 0.869. The highest BCUT2D eigenvalue weighted by atomic mass is 16.5. The molecule has 0 saturated heterocycles. The number of hydrogen-bond acceptors (Lipinski definition) is 7. The molecule has 0 fully saturated rings. The number of hydrogen-bond donors (Lipinski definition) is 2. The number of esters is 1. The van der Waals surface area contributed by atoms with E-state index in [1.54, 1.807) is 13.8 Å². The minimum Gasteiger partial charge on any atom is -0.464 e. The second-order valence-corrected chi connectivity index (χ2v) is 2.85. The van der Waals surface area contributed by atoms with Gasteiger partial charge < -0.3 is 14.9 Å². The van der Waals surface area contributed by atoms with Crippen molar-refractivity contribution in [2.24, 2.45) is 5.73 Å². The number of amides is 1. The number of nitrogens with two attached hydrogens (primary N) is 1. The van der Waals surface area contributed by atoms with Crippen LogP contribution in [0, 0.1) is 6.92 Å². The van der Waals surface area contributed by atoms with E-state index in [0.717, 1.165) is 0 Å². The van der Waals surface area contributed by atoms with Crippen molar-refractivity contribution < 1.29 is 18.7 Å². The SMILES string of the molecule is CCOC(=O)C(N)C(=O)Nc1nnc(C)o1. The standard InChI is InChI=1S/C8H12N4O4/c1-3-15-7(14)5(9)6(13)10-8-12-11-4(2)16-8/h5H,3,9H2,1-2H3,(H,10,12,13). The number of carbonyl (C=O) groups is 2. The molecule has 0 saturated carbocycles. The molecule has 16 heavy (non-hydrogen) atoms. The lowest BCUT2D eigenvalue weighted by molar-refractivity contribution is -0.146. The fraction of sp³-hybridized carbons (Fsp3) is 0.500. The summed E-state index contributed by atoms with van der Waals surface area (Å²) in [4.78, 5) is 22.5. The summed E-state index contributed by atoms with van der Waals surface area (Å²) in [5.74, 6) is -1.28. The van der Waals surface area contributed by atoms with Gasteiger partial charge in [0.25, 0.3) is 5.91 Å². The molecule has 1 unspecified atom stereocenters. The number of anilines is 1. The van der Waals surface area contributed by atoms with Crippen LogP contribution in [-0.4, -0.2) is 34.7 Å². The molecule has 1 atom stereocenters. The fourth-order valence-corrected chi connectivity index (χ4v) is 0.869. The summed E-state index contributed by atoms with van der Waals surface area (Å²) in [6, 6.07) is -1.52. The minimum atomic E-state index is -1.41. The molecule has 8 nitrogen and oxygen atoms in total. The van der Waals surface area contributed by atoms with E-state index in [4.69, 9.17) is 10.2 Å². The predicted molar refractivity (Wildman–Crippen MR) is 52.3 cm³/mol. The van der Waals surface area contributed by atoms with Crippen molar-refractivity contribution in [3.05, 3.63) is 5.89 Å². The first-order chi connectivity index (χ1) is 7.54. The van der Waals surface area contributed by atoms with Crippen LogP contribution in [0.4, 0.5) is 6.01 Å². The van der Waals surface area contributed by atoms with E-state index < -0.39 is 17.9 Å². The normalized spacial score (nSPS) is 11.9. The molecule has 1 amide bonds. The molecule has 1 aromatic rings. The Morgan fingerprint density at radius 1 is 1.56 bits per heavy atom. The number of aromatic nitrogens is 2. The van der Waals surface area contributed by atoms with Gasteiger partial charge in [-0.15, -0.1) is 5.10 Å². The number of nitrogens with one attached hydrogen (secondary N) is 1. The topological polar surface area (TPSA) is 120 Å². The Labute approximate surface area is 91.1 Å². The molecule has 0 aliphatic rings. The van der Waals surface area contributed by atoms with Gasteiger partial charge in [0.15, 0.2) is 6.04 Å². The Morgan fingerprint density at radius 2 is 2.25 bits per heavy atom. The molecule has 88 valence electrons. The summed E-state index contributed by atoms with van der Waals surface area (Å²) in [6.45, 7) is 3.33. The first-order valence-electron chi connectivity index (χ1n) is 4.57. The highest BCUT2D eigenvalue weighted by Gasteiger charge is 2.24. The zero-order valence-electron chi connectivity index (χ0n) is 8.89. The summed E-state index contributed by atoms with van der Waals surface area (Å²) in [5, 5.41) is 9.21. The quantitative estimate of drug-likeness (QED) is 0.511. The Morgan fingerprint density at radius 3 is 2.75 bits per heavy atom. The van der Waals surface area contributed by atoms with Crippen LogP contribution in [0.1, 0.15) is 12.8 Å². The third-order valence-corrected chi connectivity index (χ3v) is 1.58. The van der Waals surface area contributed by atoms with Crippen molar-refractivity contribution >= 4 is 17.9 Å². The third kappa shape index (κ3) is 3.02. The van der Waals surface area contributed by atoms with Crippen LogP contribution in [-0.2, 0) is 14.3 Å². The van der Waals surface area contributed by atoms with Gasteiger partial charge in [-0.1, -0.05) is 5.10 Å². The number of rotatable bonds is 4. The van der Waals surface area contributed by atoms with Crippen LogP contribution in [0.25, 0.3) is 0 Å². The average Bonchev–Trinajstić information content (AvgIpc) is 2.63. The predicted octanol–water partition coefficient (Wildman–Crippen LogP) is -0.793. The molecular formula is C8H12N4O4. The summed E-state index contributed by atoms with van der Waals surface area (Å²) in [5.41, 5.74) is 5.33. The molecule has 1 heterocycles. The molecule has 1 rings (SSSR count). The molecule has 0 aromatic carbocycles. The van der Waals surface area contributed by atoms with Crippen molar-refractivity contribution in [3.63, 3.8) is 0 Å². The van der Waals surface area contributed by atoms with Crippen molar-refractivity contribution in [1.29, 1.82) is 0 Å². The summed E-state index contributed by atoms with van der Waals surface area (Å²) >= 11 is 0. The molecule has 3 N–H and O–H groups in total. The highest BCUT2D eigenvalue weighted by molar-refractivity contribution is 6.07. The Hall–Kier alpha value is -1.96. The first kappa shape index (κ1) is 12.1. The lowest BCUT2D eigenvalue weighted by atomic mass is 10.3. The lowest BCUT2D eigenvalue weighted by Crippen LogP contribution is -2.43. The monoisotopic (exact) mass is 228 g/mol. The van der Waals surface area contributed by atoms with E-state index in [9.17, 15) is 9.59 Å². The van der Waals surface area contributed by atoms with Crippen LogP contribution in [0.5, 0.6) is 0 Å². The molecule has 0 radical (unpaired) electrons. The largest absolute Gasteiger partial charge is 0.464 e. The lowest BCUT2D eigenvalue weighted by Gasteiger charge is -2.08. The summed E-state index contributed by atoms with van der Waals surface area (Å²) < 4.78 is 9.46.